The molecule has 2 aromatic rings. The summed E-state index contributed by atoms with van der Waals surface area (Å²) in [4.78, 5) is 12.6. The topological polar surface area (TPSA) is 74.6 Å². The van der Waals surface area contributed by atoms with Crippen LogP contribution in [0.5, 0.6) is 5.75 Å². The van der Waals surface area contributed by atoms with Crippen molar-refractivity contribution in [1.29, 1.82) is 0 Å². The number of ether oxygens (including phenoxy) is 3. The molecule has 1 N–H and O–H groups in total. The molecule has 3 rings (SSSR count). The van der Waals surface area contributed by atoms with Crippen molar-refractivity contribution >= 4 is 16.8 Å². The van der Waals surface area contributed by atoms with Gasteiger partial charge in [0.1, 0.15) is 5.75 Å². The van der Waals surface area contributed by atoms with E-state index in [-0.39, 0.29) is 11.5 Å². The fourth-order valence-electron chi connectivity index (χ4n) is 4.60. The van der Waals surface area contributed by atoms with Crippen LogP contribution in [0, 0.1) is 11.8 Å². The lowest BCUT2D eigenvalue weighted by Gasteiger charge is -2.30. The van der Waals surface area contributed by atoms with E-state index in [9.17, 15) is 4.79 Å². The van der Waals surface area contributed by atoms with Crippen LogP contribution in [-0.4, -0.2) is 55.3 Å². The molecule has 1 fully saturated rings. The number of carbonyl (C=O) groups is 1. The lowest BCUT2D eigenvalue weighted by Crippen LogP contribution is -2.27. The first kappa shape index (κ1) is 24.5. The zero-order valence-electron chi connectivity index (χ0n) is 20.3. The van der Waals surface area contributed by atoms with Crippen LogP contribution in [0.4, 0.5) is 0 Å². The highest BCUT2D eigenvalue weighted by Gasteiger charge is 2.24. The molecular weight excluding hydrogens is 406 g/mol. The van der Waals surface area contributed by atoms with E-state index in [1.807, 2.05) is 16.9 Å². The van der Waals surface area contributed by atoms with Gasteiger partial charge in [-0.05, 0) is 64.0 Å². The summed E-state index contributed by atoms with van der Waals surface area (Å²) in [6.45, 7) is 8.99. The van der Waals surface area contributed by atoms with Gasteiger partial charge >= 0.3 is 0 Å². The number of amides is 1. The predicted octanol–water partition coefficient (Wildman–Crippen LogP) is 4.43. The maximum absolute atomic E-state index is 12.6. The van der Waals surface area contributed by atoms with Gasteiger partial charge in [0.25, 0.3) is 5.91 Å². The average molecular weight is 446 g/mol. The highest BCUT2D eigenvalue weighted by molar-refractivity contribution is 6.03. The third kappa shape index (κ3) is 6.69. The number of hydrogen-bond acceptors (Lipinski definition) is 5. The third-order valence-electron chi connectivity index (χ3n) is 6.13. The summed E-state index contributed by atoms with van der Waals surface area (Å²) in [7, 11) is 3.21. The van der Waals surface area contributed by atoms with E-state index in [1.54, 1.807) is 20.3 Å². The summed E-state index contributed by atoms with van der Waals surface area (Å²) in [5.41, 5.74) is 1.30. The van der Waals surface area contributed by atoms with Crippen molar-refractivity contribution in [3.63, 3.8) is 0 Å². The first-order valence-corrected chi connectivity index (χ1v) is 11.8. The Hall–Kier alpha value is -2.12. The molecule has 1 saturated carbocycles. The Morgan fingerprint density at radius 2 is 1.97 bits per heavy atom. The van der Waals surface area contributed by atoms with Gasteiger partial charge in [-0.2, -0.15) is 5.10 Å². The fraction of sp³-hybridized carbons (Fsp3) is 0.680. The number of nitrogens with one attached hydrogen (secondary N) is 1. The molecule has 32 heavy (non-hydrogen) atoms. The highest BCUT2D eigenvalue weighted by atomic mass is 16.5. The van der Waals surface area contributed by atoms with Crippen molar-refractivity contribution in [3.8, 4) is 5.75 Å². The van der Waals surface area contributed by atoms with Gasteiger partial charge < -0.3 is 19.5 Å². The summed E-state index contributed by atoms with van der Waals surface area (Å²) in [6, 6.07) is 3.68. The minimum Gasteiger partial charge on any atom is -0.495 e. The first-order chi connectivity index (χ1) is 15.3. The van der Waals surface area contributed by atoms with Crippen LogP contribution in [0.15, 0.2) is 18.3 Å². The Bertz CT molecular complexity index is 887. The number of benzene rings is 1. The number of nitrogens with zero attached hydrogens (tertiary/aromatic N) is 2. The van der Waals surface area contributed by atoms with Crippen LogP contribution in [0.1, 0.15) is 63.2 Å². The van der Waals surface area contributed by atoms with Crippen molar-refractivity contribution in [1.82, 2.24) is 15.1 Å². The molecule has 1 heterocycles. The summed E-state index contributed by atoms with van der Waals surface area (Å²) < 4.78 is 18.6. The minimum absolute atomic E-state index is 0.0676. The molecule has 0 spiro atoms. The van der Waals surface area contributed by atoms with Gasteiger partial charge in [-0.25, -0.2) is 0 Å². The number of carbonyl (C=O) groups excluding carboxylic acids is 1. The second-order valence-electron chi connectivity index (χ2n) is 9.83. The smallest absolute Gasteiger partial charge is 0.255 e. The van der Waals surface area contributed by atoms with E-state index in [2.05, 4.69) is 26.1 Å². The lowest BCUT2D eigenvalue weighted by atomic mass is 9.80. The van der Waals surface area contributed by atoms with E-state index in [0.29, 0.717) is 30.4 Å². The van der Waals surface area contributed by atoms with E-state index in [0.717, 1.165) is 36.4 Å². The van der Waals surface area contributed by atoms with Crippen LogP contribution >= 0.6 is 0 Å². The number of aromatic nitrogens is 2. The molecule has 0 saturated heterocycles. The van der Waals surface area contributed by atoms with Crippen LogP contribution in [0.2, 0.25) is 0 Å². The van der Waals surface area contributed by atoms with Gasteiger partial charge in [-0.3, -0.25) is 9.48 Å². The first-order valence-electron chi connectivity index (χ1n) is 11.8. The maximum atomic E-state index is 12.6. The van der Waals surface area contributed by atoms with Gasteiger partial charge in [0.15, 0.2) is 0 Å². The van der Waals surface area contributed by atoms with E-state index < -0.39 is 0 Å². The minimum atomic E-state index is -0.166. The molecule has 7 nitrogen and oxygen atoms in total. The van der Waals surface area contributed by atoms with Crippen LogP contribution in [0.25, 0.3) is 10.9 Å². The Morgan fingerprint density at radius 1 is 1.19 bits per heavy atom. The third-order valence-corrected chi connectivity index (χ3v) is 6.13. The Labute approximate surface area is 191 Å². The molecule has 0 bridgehead atoms. The van der Waals surface area contributed by atoms with Gasteiger partial charge in [-0.1, -0.05) is 12.8 Å². The van der Waals surface area contributed by atoms with Crippen LogP contribution in [0.3, 0.4) is 0 Å². The quantitative estimate of drug-likeness (QED) is 0.548. The molecule has 1 aliphatic carbocycles. The van der Waals surface area contributed by atoms with Gasteiger partial charge in [-0.15, -0.1) is 0 Å². The second-order valence-corrected chi connectivity index (χ2v) is 9.83. The zero-order valence-corrected chi connectivity index (χ0v) is 20.3. The molecule has 2 atom stereocenters. The molecule has 1 aliphatic rings. The molecule has 7 heteroatoms. The van der Waals surface area contributed by atoms with E-state index in [4.69, 9.17) is 19.3 Å². The van der Waals surface area contributed by atoms with Crippen LogP contribution < -0.4 is 10.1 Å². The van der Waals surface area contributed by atoms with Crippen molar-refractivity contribution in [2.45, 2.75) is 65.0 Å². The molecule has 1 amide bonds. The van der Waals surface area contributed by atoms with Crippen molar-refractivity contribution in [3.05, 3.63) is 23.9 Å². The summed E-state index contributed by atoms with van der Waals surface area (Å²) in [5, 5.41) is 8.51. The SMILES string of the molecule is COCCNC(=O)c1ccc2nn(CC3CCCC(CCOC(C)(C)C)C3)cc2c1OC. The second kappa shape index (κ2) is 11.1. The molecule has 178 valence electrons. The van der Waals surface area contributed by atoms with Crippen molar-refractivity contribution < 1.29 is 19.0 Å². The molecule has 0 radical (unpaired) electrons. The monoisotopic (exact) mass is 445 g/mol. The molecular formula is C25H39N3O4. The van der Waals surface area contributed by atoms with Gasteiger partial charge in [0, 0.05) is 33.0 Å². The van der Waals surface area contributed by atoms with E-state index in [1.165, 1.54) is 25.7 Å². The Morgan fingerprint density at radius 3 is 2.69 bits per heavy atom. The summed E-state index contributed by atoms with van der Waals surface area (Å²) >= 11 is 0. The normalized spacial score (nSPS) is 19.3. The van der Waals surface area contributed by atoms with Crippen molar-refractivity contribution in [2.75, 3.05) is 34.0 Å². The molecule has 1 aromatic heterocycles. The molecule has 0 aliphatic heterocycles. The maximum Gasteiger partial charge on any atom is 0.255 e. The fourth-order valence-corrected chi connectivity index (χ4v) is 4.60. The summed E-state index contributed by atoms with van der Waals surface area (Å²) in [6.07, 6.45) is 8.16. The number of methoxy groups -OCH3 is 2. The molecule has 1 aromatic carbocycles. The lowest BCUT2D eigenvalue weighted by molar-refractivity contribution is -0.0124. The number of hydrogen-bond donors (Lipinski definition) is 1. The Kier molecular flexibility index (Phi) is 8.54. The average Bonchev–Trinajstić information content (AvgIpc) is 3.15. The number of rotatable bonds is 10. The van der Waals surface area contributed by atoms with E-state index >= 15 is 0 Å². The Balaban J connectivity index is 1.65. The standard InChI is InChI=1S/C25H39N3O4/c1-25(2,3)32-13-11-18-7-6-8-19(15-18)16-28-17-21-22(27-28)10-9-20(23(21)31-5)24(29)26-12-14-30-4/h9-10,17-19H,6-8,11-16H2,1-5H3,(H,26,29). The zero-order chi connectivity index (χ0) is 23.1. The highest BCUT2D eigenvalue weighted by Crippen LogP contribution is 2.34. The summed E-state index contributed by atoms with van der Waals surface area (Å²) in [5.74, 6) is 1.74. The van der Waals surface area contributed by atoms with Crippen LogP contribution in [-0.2, 0) is 16.0 Å². The molecule has 2 unspecified atom stereocenters. The predicted molar refractivity (Wildman–Crippen MR) is 126 cm³/mol. The number of fused-ring (bicyclic) bond motifs is 1. The van der Waals surface area contributed by atoms with Gasteiger partial charge in [0.05, 0.1) is 35.8 Å². The van der Waals surface area contributed by atoms with Gasteiger partial charge in [0.2, 0.25) is 0 Å². The largest absolute Gasteiger partial charge is 0.495 e. The van der Waals surface area contributed by atoms with Crippen molar-refractivity contribution in [2.24, 2.45) is 11.8 Å².